The first kappa shape index (κ1) is 14.9. The van der Waals surface area contributed by atoms with Crippen molar-refractivity contribution in [1.29, 1.82) is 0 Å². The molecular formula is C15H26ClN3. The van der Waals surface area contributed by atoms with E-state index in [-0.39, 0.29) is 0 Å². The Balaban J connectivity index is 2.11. The van der Waals surface area contributed by atoms with Gasteiger partial charge in [0, 0.05) is 19.2 Å². The number of nitrogens with zero attached hydrogens (tertiary/aromatic N) is 2. The zero-order valence-corrected chi connectivity index (χ0v) is 13.3. The van der Waals surface area contributed by atoms with Gasteiger partial charge in [-0.1, -0.05) is 25.4 Å². The van der Waals surface area contributed by atoms with Crippen LogP contribution in [0.2, 0.25) is 5.15 Å². The van der Waals surface area contributed by atoms with Gasteiger partial charge in [0.1, 0.15) is 5.15 Å². The maximum Gasteiger partial charge on any atom is 0.130 e. The van der Waals surface area contributed by atoms with Crippen molar-refractivity contribution in [3.63, 3.8) is 0 Å². The SMILES string of the molecule is CCCNCC(C)(Cc1c(C)nn(C)c1Cl)C1CC1. The number of halogens is 1. The van der Waals surface area contributed by atoms with Gasteiger partial charge >= 0.3 is 0 Å². The molecule has 1 aliphatic rings. The predicted molar refractivity (Wildman–Crippen MR) is 80.7 cm³/mol. The summed E-state index contributed by atoms with van der Waals surface area (Å²) in [5, 5.41) is 8.83. The van der Waals surface area contributed by atoms with Gasteiger partial charge in [-0.05, 0) is 50.5 Å². The lowest BCUT2D eigenvalue weighted by Crippen LogP contribution is -2.36. The van der Waals surface area contributed by atoms with Gasteiger partial charge in [-0.15, -0.1) is 0 Å². The lowest BCUT2D eigenvalue weighted by Gasteiger charge is -2.30. The standard InChI is InChI=1S/C15H26ClN3/c1-5-8-17-10-15(3,12-6-7-12)9-13-11(2)18-19(4)14(13)16/h12,17H,5-10H2,1-4H3. The molecule has 1 saturated carbocycles. The van der Waals surface area contributed by atoms with E-state index in [1.807, 2.05) is 7.05 Å². The molecule has 2 rings (SSSR count). The topological polar surface area (TPSA) is 29.9 Å². The average Bonchev–Trinajstić information content (AvgIpc) is 3.16. The molecule has 0 aromatic carbocycles. The van der Waals surface area contributed by atoms with Gasteiger partial charge in [-0.3, -0.25) is 4.68 Å². The molecule has 1 N–H and O–H groups in total. The molecule has 0 aliphatic heterocycles. The first-order valence-corrected chi connectivity index (χ1v) is 7.74. The molecule has 1 aliphatic carbocycles. The van der Waals surface area contributed by atoms with E-state index in [1.54, 1.807) is 4.68 Å². The van der Waals surface area contributed by atoms with Crippen LogP contribution in [-0.4, -0.2) is 22.9 Å². The molecule has 1 aromatic heterocycles. The molecule has 1 unspecified atom stereocenters. The molecule has 0 radical (unpaired) electrons. The zero-order valence-electron chi connectivity index (χ0n) is 12.6. The van der Waals surface area contributed by atoms with E-state index in [0.717, 1.165) is 36.3 Å². The van der Waals surface area contributed by atoms with Crippen molar-refractivity contribution >= 4 is 11.6 Å². The number of hydrogen-bond donors (Lipinski definition) is 1. The van der Waals surface area contributed by atoms with Gasteiger partial charge in [0.15, 0.2) is 0 Å². The Morgan fingerprint density at radius 3 is 2.63 bits per heavy atom. The van der Waals surface area contributed by atoms with Crippen LogP contribution in [0.4, 0.5) is 0 Å². The van der Waals surface area contributed by atoms with Crippen molar-refractivity contribution in [1.82, 2.24) is 15.1 Å². The second-order valence-corrected chi connectivity index (χ2v) is 6.62. The number of aromatic nitrogens is 2. The third-order valence-electron chi connectivity index (χ3n) is 4.37. The van der Waals surface area contributed by atoms with Crippen molar-refractivity contribution in [3.05, 3.63) is 16.4 Å². The number of nitrogens with one attached hydrogen (secondary N) is 1. The van der Waals surface area contributed by atoms with Crippen LogP contribution in [0.3, 0.4) is 0 Å². The first-order valence-electron chi connectivity index (χ1n) is 7.36. The Morgan fingerprint density at radius 1 is 1.47 bits per heavy atom. The third-order valence-corrected chi connectivity index (χ3v) is 4.84. The monoisotopic (exact) mass is 283 g/mol. The highest BCUT2D eigenvalue weighted by molar-refractivity contribution is 6.30. The van der Waals surface area contributed by atoms with Crippen LogP contribution in [0, 0.1) is 18.3 Å². The lowest BCUT2D eigenvalue weighted by atomic mass is 9.79. The van der Waals surface area contributed by atoms with Crippen molar-refractivity contribution < 1.29 is 0 Å². The maximum atomic E-state index is 6.39. The molecule has 4 heteroatoms. The van der Waals surface area contributed by atoms with E-state index in [9.17, 15) is 0 Å². The fraction of sp³-hybridized carbons (Fsp3) is 0.800. The summed E-state index contributed by atoms with van der Waals surface area (Å²) in [5.41, 5.74) is 2.62. The molecule has 1 atom stereocenters. The van der Waals surface area contributed by atoms with Crippen molar-refractivity contribution in [3.8, 4) is 0 Å². The quantitative estimate of drug-likeness (QED) is 0.778. The van der Waals surface area contributed by atoms with Crippen LogP contribution >= 0.6 is 11.6 Å². The van der Waals surface area contributed by atoms with Crippen molar-refractivity contribution in [2.45, 2.75) is 46.5 Å². The highest BCUT2D eigenvalue weighted by Crippen LogP contribution is 2.47. The minimum absolute atomic E-state index is 0.312. The summed E-state index contributed by atoms with van der Waals surface area (Å²) in [6, 6.07) is 0. The molecular weight excluding hydrogens is 258 g/mol. The Labute approximate surface area is 121 Å². The summed E-state index contributed by atoms with van der Waals surface area (Å²) >= 11 is 6.39. The molecule has 3 nitrogen and oxygen atoms in total. The zero-order chi connectivity index (χ0) is 14.0. The number of rotatable bonds is 7. The van der Waals surface area contributed by atoms with E-state index in [0.29, 0.717) is 5.41 Å². The van der Waals surface area contributed by atoms with E-state index >= 15 is 0 Å². The third kappa shape index (κ3) is 3.32. The van der Waals surface area contributed by atoms with Crippen molar-refractivity contribution in [2.24, 2.45) is 18.4 Å². The Bertz CT molecular complexity index is 437. The van der Waals surface area contributed by atoms with Crippen molar-refractivity contribution in [2.75, 3.05) is 13.1 Å². The second-order valence-electron chi connectivity index (χ2n) is 6.26. The summed E-state index contributed by atoms with van der Waals surface area (Å²) in [5.74, 6) is 0.840. The van der Waals surface area contributed by atoms with Crippen LogP contribution in [0.1, 0.15) is 44.4 Å². The van der Waals surface area contributed by atoms with Gasteiger partial charge in [0.05, 0.1) is 5.69 Å². The molecule has 1 fully saturated rings. The Hall–Kier alpha value is -0.540. The first-order chi connectivity index (χ1) is 8.98. The summed E-state index contributed by atoms with van der Waals surface area (Å²) < 4.78 is 1.79. The maximum absolute atomic E-state index is 6.39. The minimum atomic E-state index is 0.312. The van der Waals surface area contributed by atoms with Gasteiger partial charge in [0.25, 0.3) is 0 Å². The largest absolute Gasteiger partial charge is 0.316 e. The van der Waals surface area contributed by atoms with Crippen LogP contribution in [0.5, 0.6) is 0 Å². The number of aryl methyl sites for hydroxylation is 2. The summed E-state index contributed by atoms with van der Waals surface area (Å²) in [7, 11) is 1.92. The summed E-state index contributed by atoms with van der Waals surface area (Å²) in [6.45, 7) is 8.85. The van der Waals surface area contributed by atoms with E-state index in [4.69, 9.17) is 11.6 Å². The van der Waals surface area contributed by atoms with Crippen LogP contribution < -0.4 is 5.32 Å². The molecule has 1 aromatic rings. The van der Waals surface area contributed by atoms with Crippen LogP contribution in [0.25, 0.3) is 0 Å². The molecule has 19 heavy (non-hydrogen) atoms. The molecule has 1 heterocycles. The molecule has 0 spiro atoms. The predicted octanol–water partition coefficient (Wildman–Crippen LogP) is 3.34. The van der Waals surface area contributed by atoms with Gasteiger partial charge in [0.2, 0.25) is 0 Å². The van der Waals surface area contributed by atoms with E-state index in [2.05, 4.69) is 31.2 Å². The van der Waals surface area contributed by atoms with Gasteiger partial charge in [-0.2, -0.15) is 5.10 Å². The molecule has 0 saturated heterocycles. The fourth-order valence-corrected chi connectivity index (χ4v) is 3.20. The minimum Gasteiger partial charge on any atom is -0.316 e. The normalized spacial score (nSPS) is 18.6. The molecule has 0 amide bonds. The molecule has 0 bridgehead atoms. The fourth-order valence-electron chi connectivity index (χ4n) is 2.96. The summed E-state index contributed by atoms with van der Waals surface area (Å²) in [4.78, 5) is 0. The van der Waals surface area contributed by atoms with Gasteiger partial charge < -0.3 is 5.32 Å². The Kier molecular flexibility index (Phi) is 4.57. The van der Waals surface area contributed by atoms with Crippen LogP contribution in [-0.2, 0) is 13.5 Å². The van der Waals surface area contributed by atoms with E-state index in [1.165, 1.54) is 24.8 Å². The average molecular weight is 284 g/mol. The highest BCUT2D eigenvalue weighted by Gasteiger charge is 2.42. The van der Waals surface area contributed by atoms with E-state index < -0.39 is 0 Å². The molecule has 108 valence electrons. The van der Waals surface area contributed by atoms with Crippen LogP contribution in [0.15, 0.2) is 0 Å². The lowest BCUT2D eigenvalue weighted by molar-refractivity contribution is 0.256. The highest BCUT2D eigenvalue weighted by atomic mass is 35.5. The number of hydrogen-bond acceptors (Lipinski definition) is 2. The van der Waals surface area contributed by atoms with Gasteiger partial charge in [-0.25, -0.2) is 0 Å². The Morgan fingerprint density at radius 2 is 2.16 bits per heavy atom. The smallest absolute Gasteiger partial charge is 0.130 e. The second kappa shape index (κ2) is 5.84. The summed E-state index contributed by atoms with van der Waals surface area (Å²) in [6.07, 6.45) is 4.95.